The number of hydrogen-bond acceptors (Lipinski definition) is 8. The highest BCUT2D eigenvalue weighted by Crippen LogP contribution is 2.21. The van der Waals surface area contributed by atoms with Gasteiger partial charge in [-0.15, -0.1) is 0 Å². The number of furan rings is 1. The molecule has 0 aliphatic heterocycles. The fourth-order valence-electron chi connectivity index (χ4n) is 3.36. The average Bonchev–Trinajstić information content (AvgIpc) is 3.44. The molecule has 10 heteroatoms. The molecular formula is C22H24N4O4S2. The zero-order valence-corrected chi connectivity index (χ0v) is 19.4. The largest absolute Gasteiger partial charge is 0.489 e. The smallest absolute Gasteiger partial charge is 0.242 e. The molecular weight excluding hydrogens is 448 g/mol. The Morgan fingerprint density at radius 1 is 1.12 bits per heavy atom. The van der Waals surface area contributed by atoms with Gasteiger partial charge in [-0.05, 0) is 49.9 Å². The molecule has 2 heterocycles. The minimum Gasteiger partial charge on any atom is -0.489 e. The molecule has 0 aliphatic carbocycles. The molecule has 0 fully saturated rings. The van der Waals surface area contributed by atoms with E-state index in [4.69, 9.17) is 9.15 Å². The van der Waals surface area contributed by atoms with Gasteiger partial charge in [0.25, 0.3) is 0 Å². The molecule has 8 nitrogen and oxygen atoms in total. The monoisotopic (exact) mass is 472 g/mol. The first kappa shape index (κ1) is 22.4. The van der Waals surface area contributed by atoms with Crippen molar-refractivity contribution in [1.82, 2.24) is 18.4 Å². The van der Waals surface area contributed by atoms with Crippen LogP contribution in [0.1, 0.15) is 18.1 Å². The van der Waals surface area contributed by atoms with Gasteiger partial charge in [-0.3, -0.25) is 4.90 Å². The molecule has 0 spiro atoms. The first-order valence-electron chi connectivity index (χ1n) is 10.1. The van der Waals surface area contributed by atoms with Crippen molar-refractivity contribution in [3.05, 3.63) is 72.2 Å². The number of hydrogen-bond donors (Lipinski definition) is 1. The van der Waals surface area contributed by atoms with Crippen molar-refractivity contribution in [3.8, 4) is 5.75 Å². The number of aromatic nitrogens is 2. The topological polar surface area (TPSA) is 97.6 Å². The number of ether oxygens (including phenoxy) is 1. The minimum atomic E-state index is -3.73. The third kappa shape index (κ3) is 5.52. The van der Waals surface area contributed by atoms with Gasteiger partial charge in [0.1, 0.15) is 27.8 Å². The third-order valence-electron chi connectivity index (χ3n) is 4.82. The van der Waals surface area contributed by atoms with Crippen molar-refractivity contribution in [1.29, 1.82) is 0 Å². The van der Waals surface area contributed by atoms with Crippen molar-refractivity contribution < 1.29 is 17.6 Å². The van der Waals surface area contributed by atoms with E-state index in [9.17, 15) is 8.42 Å². The summed E-state index contributed by atoms with van der Waals surface area (Å²) in [5.41, 5.74) is 3.16. The molecule has 168 valence electrons. The van der Waals surface area contributed by atoms with Crippen molar-refractivity contribution in [2.24, 2.45) is 0 Å². The SMILES string of the molecule is CC(CNS(=O)(=O)c1cccc2nsnc12)Oc1cccc(CN(C)Cc2ccoc2)c1. The Balaban J connectivity index is 1.34. The van der Waals surface area contributed by atoms with E-state index in [1.54, 1.807) is 24.7 Å². The van der Waals surface area contributed by atoms with Gasteiger partial charge in [-0.25, -0.2) is 13.1 Å². The van der Waals surface area contributed by atoms with Gasteiger partial charge in [0.05, 0.1) is 24.3 Å². The molecule has 32 heavy (non-hydrogen) atoms. The summed E-state index contributed by atoms with van der Waals surface area (Å²) in [6.45, 7) is 3.47. The van der Waals surface area contributed by atoms with Crippen molar-refractivity contribution in [2.75, 3.05) is 13.6 Å². The van der Waals surface area contributed by atoms with E-state index in [0.717, 1.165) is 35.9 Å². The van der Waals surface area contributed by atoms with Crippen LogP contribution in [0.15, 0.2) is 70.4 Å². The van der Waals surface area contributed by atoms with Gasteiger partial charge < -0.3 is 9.15 Å². The molecule has 0 saturated carbocycles. The molecule has 0 radical (unpaired) electrons. The summed E-state index contributed by atoms with van der Waals surface area (Å²) in [5, 5.41) is 0. The molecule has 0 amide bonds. The van der Waals surface area contributed by atoms with Gasteiger partial charge in [0, 0.05) is 25.2 Å². The van der Waals surface area contributed by atoms with E-state index < -0.39 is 10.0 Å². The lowest BCUT2D eigenvalue weighted by molar-refractivity contribution is 0.224. The van der Waals surface area contributed by atoms with E-state index in [0.29, 0.717) is 16.8 Å². The molecule has 4 aromatic rings. The fraction of sp³-hybridized carbons (Fsp3) is 0.273. The Morgan fingerprint density at radius 3 is 2.75 bits per heavy atom. The van der Waals surface area contributed by atoms with Crippen molar-refractivity contribution >= 4 is 32.8 Å². The number of benzene rings is 2. The predicted octanol–water partition coefficient (Wildman–Crippen LogP) is 3.66. The van der Waals surface area contributed by atoms with Gasteiger partial charge in [-0.2, -0.15) is 8.75 Å². The lowest BCUT2D eigenvalue weighted by Gasteiger charge is -2.18. The molecule has 2 aromatic heterocycles. The van der Waals surface area contributed by atoms with E-state index >= 15 is 0 Å². The van der Waals surface area contributed by atoms with Crippen LogP contribution >= 0.6 is 11.7 Å². The summed E-state index contributed by atoms with van der Waals surface area (Å²) in [6, 6.07) is 14.7. The van der Waals surface area contributed by atoms with Crippen LogP contribution in [0.4, 0.5) is 0 Å². The van der Waals surface area contributed by atoms with Crippen LogP contribution in [-0.2, 0) is 23.1 Å². The highest BCUT2D eigenvalue weighted by atomic mass is 32.2. The average molecular weight is 473 g/mol. The van der Waals surface area contributed by atoms with Crippen LogP contribution < -0.4 is 9.46 Å². The van der Waals surface area contributed by atoms with Gasteiger partial charge in [0.15, 0.2) is 0 Å². The lowest BCUT2D eigenvalue weighted by Crippen LogP contribution is -2.33. The van der Waals surface area contributed by atoms with Crippen molar-refractivity contribution in [2.45, 2.75) is 31.0 Å². The summed E-state index contributed by atoms with van der Waals surface area (Å²) in [5.74, 6) is 0.691. The maximum absolute atomic E-state index is 12.8. The number of sulfonamides is 1. The zero-order chi connectivity index (χ0) is 22.6. The van der Waals surface area contributed by atoms with Crippen LogP contribution in [0.3, 0.4) is 0 Å². The number of nitrogens with zero attached hydrogens (tertiary/aromatic N) is 3. The van der Waals surface area contributed by atoms with E-state index in [-0.39, 0.29) is 17.5 Å². The second-order valence-corrected chi connectivity index (χ2v) is 9.88. The quantitative estimate of drug-likeness (QED) is 0.376. The summed E-state index contributed by atoms with van der Waals surface area (Å²) in [6.07, 6.45) is 3.04. The van der Waals surface area contributed by atoms with Crippen LogP contribution in [-0.4, -0.2) is 41.8 Å². The van der Waals surface area contributed by atoms with Crippen LogP contribution in [0.25, 0.3) is 11.0 Å². The number of rotatable bonds is 10. The van der Waals surface area contributed by atoms with Crippen molar-refractivity contribution in [3.63, 3.8) is 0 Å². The fourth-order valence-corrected chi connectivity index (χ4v) is 5.24. The lowest BCUT2D eigenvalue weighted by atomic mass is 10.2. The summed E-state index contributed by atoms with van der Waals surface area (Å²) in [7, 11) is -1.70. The molecule has 1 unspecified atom stereocenters. The Kier molecular flexibility index (Phi) is 6.85. The van der Waals surface area contributed by atoms with Crippen LogP contribution in [0, 0.1) is 0 Å². The third-order valence-corrected chi connectivity index (χ3v) is 6.82. The highest BCUT2D eigenvalue weighted by Gasteiger charge is 2.20. The second kappa shape index (κ2) is 9.78. The molecule has 2 aromatic carbocycles. The first-order valence-corrected chi connectivity index (χ1v) is 12.3. The van der Waals surface area contributed by atoms with E-state index in [1.807, 2.05) is 44.3 Å². The summed E-state index contributed by atoms with van der Waals surface area (Å²) in [4.78, 5) is 2.30. The molecule has 0 bridgehead atoms. The molecule has 1 N–H and O–H groups in total. The number of nitrogens with one attached hydrogen (secondary N) is 1. The van der Waals surface area contributed by atoms with Gasteiger partial charge in [0.2, 0.25) is 10.0 Å². The van der Waals surface area contributed by atoms with Gasteiger partial charge in [-0.1, -0.05) is 18.2 Å². The first-order chi connectivity index (χ1) is 15.4. The van der Waals surface area contributed by atoms with E-state index in [2.05, 4.69) is 18.4 Å². The van der Waals surface area contributed by atoms with Gasteiger partial charge >= 0.3 is 0 Å². The predicted molar refractivity (Wildman–Crippen MR) is 123 cm³/mol. The van der Waals surface area contributed by atoms with E-state index in [1.165, 1.54) is 6.07 Å². The Bertz CT molecular complexity index is 1270. The van der Waals surface area contributed by atoms with Crippen LogP contribution in [0.5, 0.6) is 5.75 Å². The summed E-state index contributed by atoms with van der Waals surface area (Å²) < 4.78 is 47.4. The minimum absolute atomic E-state index is 0.124. The standard InChI is InChI=1S/C22H24N4O4S2/c1-16(12-23-32(27,28)21-8-4-7-20-22(21)25-31-24-20)30-19-6-3-5-17(11-19)13-26(2)14-18-9-10-29-15-18/h3-11,15-16,23H,12-14H2,1-2H3. The zero-order valence-electron chi connectivity index (χ0n) is 17.8. The molecule has 0 saturated heterocycles. The molecule has 0 aliphatic rings. The molecule has 1 atom stereocenters. The Hall–Kier alpha value is -2.79. The Morgan fingerprint density at radius 2 is 1.94 bits per heavy atom. The highest BCUT2D eigenvalue weighted by molar-refractivity contribution is 7.89. The molecule has 4 rings (SSSR count). The van der Waals surface area contributed by atoms with Crippen LogP contribution in [0.2, 0.25) is 0 Å². The number of fused-ring (bicyclic) bond motifs is 1. The maximum atomic E-state index is 12.8. The normalized spacial score (nSPS) is 13.0. The summed E-state index contributed by atoms with van der Waals surface area (Å²) >= 11 is 0.990. The second-order valence-electron chi connectivity index (χ2n) is 7.62. The maximum Gasteiger partial charge on any atom is 0.242 e. The Labute approximate surface area is 191 Å².